The Morgan fingerprint density at radius 3 is 2.35 bits per heavy atom. The number of hydrogen-bond donors (Lipinski definition) is 2. The molecule has 23 heavy (non-hydrogen) atoms. The molecule has 0 atom stereocenters. The lowest BCUT2D eigenvalue weighted by molar-refractivity contribution is -0.124. The van der Waals surface area contributed by atoms with Gasteiger partial charge in [-0.2, -0.15) is 0 Å². The zero-order valence-electron chi connectivity index (χ0n) is 12.2. The number of nitrogens with one attached hydrogen (secondary N) is 2. The summed E-state index contributed by atoms with van der Waals surface area (Å²) in [6.45, 7) is 0. The van der Waals surface area contributed by atoms with Crippen LogP contribution >= 0.6 is 11.8 Å². The van der Waals surface area contributed by atoms with Gasteiger partial charge in [0.1, 0.15) is 5.57 Å². The Hall–Kier alpha value is -2.80. The molecular formula is C16H13N3O3S. The normalized spacial score (nSPS) is 19.2. The Balaban J connectivity index is 1.73. The maximum atomic E-state index is 11.5. The van der Waals surface area contributed by atoms with Gasteiger partial charge in [0.15, 0.2) is 0 Å². The fourth-order valence-corrected chi connectivity index (χ4v) is 3.25. The summed E-state index contributed by atoms with van der Waals surface area (Å²) in [6, 6.07) is 7.27. The van der Waals surface area contributed by atoms with E-state index in [9.17, 15) is 14.4 Å². The van der Waals surface area contributed by atoms with E-state index in [0.29, 0.717) is 0 Å². The minimum Gasteiger partial charge on any atom is -0.338 e. The topological polar surface area (TPSA) is 78.5 Å². The number of rotatable bonds is 2. The van der Waals surface area contributed by atoms with Crippen molar-refractivity contribution in [1.82, 2.24) is 10.6 Å². The molecule has 0 aliphatic carbocycles. The molecule has 6 nitrogen and oxygen atoms in total. The second-order valence-corrected chi connectivity index (χ2v) is 5.90. The van der Waals surface area contributed by atoms with Crippen molar-refractivity contribution >= 4 is 35.3 Å². The van der Waals surface area contributed by atoms with Gasteiger partial charge < -0.3 is 4.90 Å². The molecule has 4 amide bonds. The highest BCUT2D eigenvalue weighted by Crippen LogP contribution is 2.44. The van der Waals surface area contributed by atoms with Gasteiger partial charge in [0.2, 0.25) is 0 Å². The van der Waals surface area contributed by atoms with E-state index >= 15 is 0 Å². The molecule has 0 aromatic heterocycles. The smallest absolute Gasteiger partial charge is 0.328 e. The van der Waals surface area contributed by atoms with Crippen LogP contribution in [-0.2, 0) is 9.59 Å². The molecule has 1 fully saturated rings. The first kappa shape index (κ1) is 15.1. The van der Waals surface area contributed by atoms with Crippen molar-refractivity contribution in [2.75, 3.05) is 11.9 Å². The Kier molecular flexibility index (Phi) is 4.03. The lowest BCUT2D eigenvalue weighted by Gasteiger charge is -2.13. The number of nitrogens with zero attached hydrogens (tertiary/aromatic N) is 1. The SMILES string of the molecule is CN1/C(=C\C=C\C=C2C(=O)NC(=O)NC2=O)Sc2ccccc21. The lowest BCUT2D eigenvalue weighted by Crippen LogP contribution is -2.51. The molecule has 0 saturated carbocycles. The van der Waals surface area contributed by atoms with Gasteiger partial charge in [0.05, 0.1) is 10.7 Å². The van der Waals surface area contributed by atoms with E-state index in [1.165, 1.54) is 11.0 Å². The summed E-state index contributed by atoms with van der Waals surface area (Å²) < 4.78 is 0. The molecule has 1 aromatic rings. The number of carbonyl (C=O) groups is 3. The number of barbiturate groups is 1. The van der Waals surface area contributed by atoms with Gasteiger partial charge >= 0.3 is 6.03 Å². The van der Waals surface area contributed by atoms with Crippen molar-refractivity contribution in [3.63, 3.8) is 0 Å². The highest BCUT2D eigenvalue weighted by atomic mass is 32.2. The van der Waals surface area contributed by atoms with Crippen LogP contribution in [0.15, 0.2) is 64.1 Å². The predicted molar refractivity (Wildman–Crippen MR) is 87.7 cm³/mol. The van der Waals surface area contributed by atoms with Gasteiger partial charge in [-0.15, -0.1) is 0 Å². The van der Waals surface area contributed by atoms with Crippen LogP contribution in [0.4, 0.5) is 10.5 Å². The number of anilines is 1. The Morgan fingerprint density at radius 1 is 1.00 bits per heavy atom. The first-order valence-electron chi connectivity index (χ1n) is 6.82. The van der Waals surface area contributed by atoms with Gasteiger partial charge in [-0.25, -0.2) is 4.79 Å². The average molecular weight is 327 g/mol. The van der Waals surface area contributed by atoms with Crippen molar-refractivity contribution in [3.8, 4) is 0 Å². The molecule has 0 unspecified atom stereocenters. The van der Waals surface area contributed by atoms with Gasteiger partial charge in [-0.3, -0.25) is 20.2 Å². The Bertz CT molecular complexity index is 774. The number of para-hydroxylation sites is 1. The molecule has 116 valence electrons. The van der Waals surface area contributed by atoms with Crippen LogP contribution in [0.25, 0.3) is 0 Å². The summed E-state index contributed by atoms with van der Waals surface area (Å²) in [5.41, 5.74) is 1.04. The molecule has 0 radical (unpaired) electrons. The van der Waals surface area contributed by atoms with Crippen LogP contribution in [0.5, 0.6) is 0 Å². The number of carbonyl (C=O) groups excluding carboxylic acids is 3. The van der Waals surface area contributed by atoms with Gasteiger partial charge in [0, 0.05) is 11.9 Å². The van der Waals surface area contributed by atoms with Crippen molar-refractivity contribution < 1.29 is 14.4 Å². The molecule has 1 aromatic carbocycles. The number of benzene rings is 1. The minimum atomic E-state index is -0.801. The van der Waals surface area contributed by atoms with E-state index in [-0.39, 0.29) is 5.57 Å². The zero-order chi connectivity index (χ0) is 16.4. The number of thioether (sulfide) groups is 1. The average Bonchev–Trinajstić information content (AvgIpc) is 2.82. The van der Waals surface area contributed by atoms with Crippen molar-refractivity contribution in [3.05, 3.63) is 59.2 Å². The lowest BCUT2D eigenvalue weighted by atomic mass is 10.2. The number of hydrogen-bond acceptors (Lipinski definition) is 5. The fraction of sp³-hybridized carbons (Fsp3) is 0.0625. The van der Waals surface area contributed by atoms with Crippen molar-refractivity contribution in [2.45, 2.75) is 4.90 Å². The van der Waals surface area contributed by atoms with Gasteiger partial charge in [-0.05, 0) is 24.3 Å². The largest absolute Gasteiger partial charge is 0.338 e. The molecule has 2 N–H and O–H groups in total. The summed E-state index contributed by atoms with van der Waals surface area (Å²) in [5.74, 6) is -1.40. The molecule has 0 spiro atoms. The molecule has 7 heteroatoms. The summed E-state index contributed by atoms with van der Waals surface area (Å²) in [4.78, 5) is 37.3. The zero-order valence-corrected chi connectivity index (χ0v) is 13.0. The minimum absolute atomic E-state index is 0.102. The summed E-state index contributed by atoms with van der Waals surface area (Å²) in [5, 5.41) is 5.08. The van der Waals surface area contributed by atoms with Crippen LogP contribution in [0.1, 0.15) is 0 Å². The van der Waals surface area contributed by atoms with Crippen molar-refractivity contribution in [2.24, 2.45) is 0 Å². The van der Waals surface area contributed by atoms with E-state index in [1.807, 2.05) is 42.0 Å². The Morgan fingerprint density at radius 2 is 1.65 bits per heavy atom. The predicted octanol–water partition coefficient (Wildman–Crippen LogP) is 1.92. The maximum Gasteiger partial charge on any atom is 0.328 e. The molecule has 2 heterocycles. The van der Waals surface area contributed by atoms with E-state index < -0.39 is 17.8 Å². The maximum absolute atomic E-state index is 11.5. The first-order valence-corrected chi connectivity index (χ1v) is 7.64. The van der Waals surface area contributed by atoms with Crippen LogP contribution in [0.3, 0.4) is 0 Å². The first-order chi connectivity index (χ1) is 11.1. The molecular weight excluding hydrogens is 314 g/mol. The van der Waals surface area contributed by atoms with Gasteiger partial charge in [0.25, 0.3) is 11.8 Å². The molecule has 0 bridgehead atoms. The quantitative estimate of drug-likeness (QED) is 0.641. The molecule has 2 aliphatic rings. The fourth-order valence-electron chi connectivity index (χ4n) is 2.18. The van der Waals surface area contributed by atoms with Crippen LogP contribution in [0, 0.1) is 0 Å². The summed E-state index contributed by atoms with van der Waals surface area (Å²) in [6.07, 6.45) is 6.61. The second-order valence-electron chi connectivity index (χ2n) is 4.84. The molecule has 1 saturated heterocycles. The molecule has 2 aliphatic heterocycles. The number of urea groups is 1. The van der Waals surface area contributed by atoms with E-state index in [1.54, 1.807) is 23.9 Å². The Labute approximate surface area is 136 Å². The van der Waals surface area contributed by atoms with Crippen molar-refractivity contribution in [1.29, 1.82) is 0 Å². The highest BCUT2D eigenvalue weighted by Gasteiger charge is 2.26. The van der Waals surface area contributed by atoms with Crippen LogP contribution in [-0.4, -0.2) is 24.9 Å². The monoisotopic (exact) mass is 327 g/mol. The van der Waals surface area contributed by atoms with E-state index in [0.717, 1.165) is 10.7 Å². The second kappa shape index (κ2) is 6.13. The number of fused-ring (bicyclic) bond motifs is 1. The third-order valence-electron chi connectivity index (χ3n) is 3.33. The van der Waals surface area contributed by atoms with Gasteiger partial charge in [-0.1, -0.05) is 36.0 Å². The third-order valence-corrected chi connectivity index (χ3v) is 4.51. The van der Waals surface area contributed by atoms with E-state index in [4.69, 9.17) is 0 Å². The standard InChI is InChI=1S/C16H13N3O3S/c1-19-11-7-3-4-8-12(11)23-13(19)9-5-2-6-10-14(20)17-16(22)18-15(10)21/h2-9H,1H3,(H2,17,18,20,21,22)/b5-2+,13-9+. The third kappa shape index (κ3) is 3.04. The highest BCUT2D eigenvalue weighted by molar-refractivity contribution is 8.03. The number of allylic oxidation sites excluding steroid dienone is 4. The summed E-state index contributed by atoms with van der Waals surface area (Å²) in [7, 11) is 1.98. The van der Waals surface area contributed by atoms with Crippen LogP contribution in [0.2, 0.25) is 0 Å². The molecule has 3 rings (SSSR count). The summed E-state index contributed by atoms with van der Waals surface area (Å²) >= 11 is 1.64. The number of imide groups is 2. The number of amides is 4. The van der Waals surface area contributed by atoms with Crippen LogP contribution < -0.4 is 15.5 Å². The van der Waals surface area contributed by atoms with E-state index in [2.05, 4.69) is 11.0 Å².